The molecule has 1 heterocycles. The molecular formula is C24H38N6O5. The van der Waals surface area contributed by atoms with E-state index in [-0.39, 0.29) is 31.3 Å². The molecule has 0 bridgehead atoms. The van der Waals surface area contributed by atoms with Gasteiger partial charge in [-0.2, -0.15) is 0 Å². The number of rotatable bonds is 12. The van der Waals surface area contributed by atoms with E-state index in [2.05, 4.69) is 27.8 Å². The summed E-state index contributed by atoms with van der Waals surface area (Å²) in [5.41, 5.74) is 7.11. The molecule has 11 nitrogen and oxygen atoms in total. The van der Waals surface area contributed by atoms with Crippen molar-refractivity contribution in [3.05, 3.63) is 36.0 Å². The van der Waals surface area contributed by atoms with Crippen molar-refractivity contribution in [1.82, 2.24) is 26.2 Å². The molecule has 1 rings (SSSR count). The van der Waals surface area contributed by atoms with E-state index >= 15 is 0 Å². The Bertz CT molecular complexity index is 874. The Kier molecular flexibility index (Phi) is 12.3. The van der Waals surface area contributed by atoms with Gasteiger partial charge >= 0.3 is 6.03 Å². The summed E-state index contributed by atoms with van der Waals surface area (Å²) in [6.45, 7) is 11.5. The van der Waals surface area contributed by atoms with E-state index in [0.29, 0.717) is 19.4 Å². The molecule has 0 aromatic rings. The lowest BCUT2D eigenvalue weighted by Crippen LogP contribution is -2.58. The average Bonchev–Trinajstić information content (AvgIpc) is 3.16. The fraction of sp³-hybridized carbons (Fsp3) is 0.542. The summed E-state index contributed by atoms with van der Waals surface area (Å²) in [7, 11) is 0. The van der Waals surface area contributed by atoms with E-state index in [1.165, 1.54) is 23.1 Å². The third-order valence-corrected chi connectivity index (χ3v) is 5.13. The van der Waals surface area contributed by atoms with Crippen LogP contribution >= 0.6 is 0 Å². The zero-order valence-electron chi connectivity index (χ0n) is 21.0. The predicted molar refractivity (Wildman–Crippen MR) is 133 cm³/mol. The number of carbonyl (C=O) groups is 5. The van der Waals surface area contributed by atoms with Crippen molar-refractivity contribution in [2.45, 2.75) is 65.1 Å². The van der Waals surface area contributed by atoms with Crippen LogP contribution in [0, 0.1) is 0 Å². The minimum atomic E-state index is -1.02. The molecule has 1 aliphatic rings. The lowest BCUT2D eigenvalue weighted by atomic mass is 10.1. The van der Waals surface area contributed by atoms with Gasteiger partial charge in [0.15, 0.2) is 0 Å². The smallest absolute Gasteiger partial charge is 0.315 e. The molecular weight excluding hydrogens is 452 g/mol. The van der Waals surface area contributed by atoms with Gasteiger partial charge in [-0.25, -0.2) is 4.79 Å². The maximum absolute atomic E-state index is 13.2. The second kappa shape index (κ2) is 14.6. The van der Waals surface area contributed by atoms with Crippen LogP contribution in [0.2, 0.25) is 0 Å². The van der Waals surface area contributed by atoms with Gasteiger partial charge in [-0.15, -0.1) is 6.58 Å². The SMILES string of the molecule is C=CCNC(=O)N[C@H]1CCN(C(=O)C=C(C)C)[C@@H]1C(=O)N[C@@H](CCCNC(=O)C=C(C)C)C(N)=O. The Morgan fingerprint density at radius 2 is 1.71 bits per heavy atom. The third kappa shape index (κ3) is 10.4. The van der Waals surface area contributed by atoms with Gasteiger partial charge in [-0.1, -0.05) is 17.2 Å². The molecule has 0 aliphatic carbocycles. The average molecular weight is 491 g/mol. The molecule has 0 aromatic heterocycles. The topological polar surface area (TPSA) is 163 Å². The van der Waals surface area contributed by atoms with Crippen LogP contribution in [0.1, 0.15) is 47.0 Å². The quantitative estimate of drug-likeness (QED) is 0.150. The normalized spacial score (nSPS) is 17.4. The minimum absolute atomic E-state index is 0.197. The van der Waals surface area contributed by atoms with Gasteiger partial charge in [0.2, 0.25) is 23.6 Å². The molecule has 0 aromatic carbocycles. The number of primary amides is 1. The Hall–Kier alpha value is -3.63. The molecule has 35 heavy (non-hydrogen) atoms. The first-order valence-corrected chi connectivity index (χ1v) is 11.6. The van der Waals surface area contributed by atoms with Crippen LogP contribution < -0.4 is 27.0 Å². The summed E-state index contributed by atoms with van der Waals surface area (Å²) in [5.74, 6) is -1.93. The van der Waals surface area contributed by atoms with Crippen molar-refractivity contribution in [3.8, 4) is 0 Å². The van der Waals surface area contributed by atoms with Gasteiger partial charge in [-0.3, -0.25) is 19.2 Å². The first-order valence-electron chi connectivity index (χ1n) is 11.6. The van der Waals surface area contributed by atoms with Crippen LogP contribution in [0.25, 0.3) is 0 Å². The van der Waals surface area contributed by atoms with E-state index in [1.54, 1.807) is 27.7 Å². The van der Waals surface area contributed by atoms with Gasteiger partial charge in [0.25, 0.3) is 0 Å². The number of nitrogens with two attached hydrogens (primary N) is 1. The van der Waals surface area contributed by atoms with Crippen LogP contribution in [0.15, 0.2) is 36.0 Å². The van der Waals surface area contributed by atoms with E-state index in [4.69, 9.17) is 5.73 Å². The number of hydrogen-bond acceptors (Lipinski definition) is 5. The highest BCUT2D eigenvalue weighted by Gasteiger charge is 2.42. The number of carbonyl (C=O) groups excluding carboxylic acids is 5. The Morgan fingerprint density at radius 1 is 1.06 bits per heavy atom. The maximum Gasteiger partial charge on any atom is 0.315 e. The Labute approximate surface area is 206 Å². The lowest BCUT2D eigenvalue weighted by Gasteiger charge is -2.28. The summed E-state index contributed by atoms with van der Waals surface area (Å²) in [5, 5.41) is 10.6. The van der Waals surface area contributed by atoms with Gasteiger partial charge in [0.05, 0.1) is 6.04 Å². The highest BCUT2D eigenvalue weighted by molar-refractivity contribution is 5.96. The van der Waals surface area contributed by atoms with Crippen LogP contribution in [0.5, 0.6) is 0 Å². The number of amides is 6. The largest absolute Gasteiger partial charge is 0.368 e. The van der Waals surface area contributed by atoms with Gasteiger partial charge in [0.1, 0.15) is 12.1 Å². The van der Waals surface area contributed by atoms with Crippen LogP contribution in [-0.2, 0) is 19.2 Å². The van der Waals surface area contributed by atoms with Crippen LogP contribution in [0.3, 0.4) is 0 Å². The monoisotopic (exact) mass is 490 g/mol. The molecule has 0 radical (unpaired) electrons. The molecule has 11 heteroatoms. The van der Waals surface area contributed by atoms with E-state index < -0.39 is 36.0 Å². The summed E-state index contributed by atoms with van der Waals surface area (Å²) in [6.07, 6.45) is 5.35. The molecule has 6 N–H and O–H groups in total. The Morgan fingerprint density at radius 3 is 2.29 bits per heavy atom. The van der Waals surface area contributed by atoms with Gasteiger partial charge in [-0.05, 0) is 47.0 Å². The third-order valence-electron chi connectivity index (χ3n) is 5.13. The van der Waals surface area contributed by atoms with Gasteiger partial charge < -0.3 is 31.9 Å². The van der Waals surface area contributed by atoms with E-state index in [0.717, 1.165) is 11.1 Å². The summed E-state index contributed by atoms with van der Waals surface area (Å²) >= 11 is 0. The second-order valence-corrected chi connectivity index (χ2v) is 8.85. The van der Waals surface area contributed by atoms with Crippen molar-refractivity contribution in [3.63, 3.8) is 0 Å². The lowest BCUT2D eigenvalue weighted by molar-refractivity contribution is -0.137. The van der Waals surface area contributed by atoms with Gasteiger partial charge in [0, 0.05) is 31.8 Å². The number of allylic oxidation sites excluding steroid dienone is 2. The summed E-state index contributed by atoms with van der Waals surface area (Å²) < 4.78 is 0. The molecule has 1 saturated heterocycles. The van der Waals surface area contributed by atoms with Crippen LogP contribution in [-0.4, -0.2) is 72.3 Å². The molecule has 6 amide bonds. The number of nitrogens with one attached hydrogen (secondary N) is 4. The zero-order chi connectivity index (χ0) is 26.5. The first-order chi connectivity index (χ1) is 16.5. The molecule has 0 unspecified atom stereocenters. The number of nitrogens with zero attached hydrogens (tertiary/aromatic N) is 1. The summed E-state index contributed by atoms with van der Waals surface area (Å²) in [4.78, 5) is 63.2. The first kappa shape index (κ1) is 29.4. The number of urea groups is 1. The van der Waals surface area contributed by atoms with Crippen LogP contribution in [0.4, 0.5) is 4.79 Å². The van der Waals surface area contributed by atoms with Crippen molar-refractivity contribution >= 4 is 29.7 Å². The van der Waals surface area contributed by atoms with Crippen molar-refractivity contribution in [2.75, 3.05) is 19.6 Å². The zero-order valence-corrected chi connectivity index (χ0v) is 21.0. The standard InChI is InChI=1S/C24H38N6O5/c1-6-10-27-24(35)29-17-9-12-30(20(32)14-16(4)5)21(17)23(34)28-18(22(25)33)8-7-11-26-19(31)13-15(2)3/h6,13-14,17-18,21H,1,7-12H2,2-5H3,(H2,25,33)(H,26,31)(H,28,34)(H2,27,29,35)/t17-,18-,21-/m0/s1. The van der Waals surface area contributed by atoms with Crippen molar-refractivity contribution in [2.24, 2.45) is 5.73 Å². The summed E-state index contributed by atoms with van der Waals surface area (Å²) in [6, 6.07) is -3.18. The molecule has 0 spiro atoms. The highest BCUT2D eigenvalue weighted by atomic mass is 16.2. The molecule has 1 aliphatic heterocycles. The predicted octanol–water partition coefficient (Wildman–Crippen LogP) is 0.240. The van der Waals surface area contributed by atoms with Crippen molar-refractivity contribution < 1.29 is 24.0 Å². The maximum atomic E-state index is 13.2. The molecule has 3 atom stereocenters. The Balaban J connectivity index is 2.91. The van der Waals surface area contributed by atoms with E-state index in [9.17, 15) is 24.0 Å². The van der Waals surface area contributed by atoms with E-state index in [1.807, 2.05) is 0 Å². The fourth-order valence-corrected chi connectivity index (χ4v) is 3.60. The minimum Gasteiger partial charge on any atom is -0.368 e. The number of likely N-dealkylation sites (tertiary alicyclic amines) is 1. The van der Waals surface area contributed by atoms with Crippen molar-refractivity contribution in [1.29, 1.82) is 0 Å². The fourth-order valence-electron chi connectivity index (χ4n) is 3.60. The highest BCUT2D eigenvalue weighted by Crippen LogP contribution is 2.20. The molecule has 1 fully saturated rings. The number of hydrogen-bond donors (Lipinski definition) is 5. The molecule has 194 valence electrons. The second-order valence-electron chi connectivity index (χ2n) is 8.85. The molecule has 0 saturated carbocycles.